The fourth-order valence-corrected chi connectivity index (χ4v) is 1.80. The van der Waals surface area contributed by atoms with Gasteiger partial charge in [0.2, 0.25) is 5.91 Å². The van der Waals surface area contributed by atoms with Crippen LogP contribution >= 0.6 is 0 Å². The molecule has 0 unspecified atom stereocenters. The van der Waals surface area contributed by atoms with E-state index in [4.69, 9.17) is 4.74 Å². The number of nitrogens with one attached hydrogen (secondary N) is 1. The summed E-state index contributed by atoms with van der Waals surface area (Å²) in [5.74, 6) is 0.985. The number of rotatable bonds is 6. The molecule has 0 aromatic heterocycles. The standard InChI is InChI=1S/C14H22N2O2/c1-11-5-6-13(18-4)12(9-11)7-8-16(3)14(17)10-15-2/h5-6,9,15H,7-8,10H2,1-4H3. The summed E-state index contributed by atoms with van der Waals surface area (Å²) in [6.07, 6.45) is 0.802. The average Bonchev–Trinajstić information content (AvgIpc) is 2.36. The van der Waals surface area contributed by atoms with Crippen molar-refractivity contribution in [3.05, 3.63) is 29.3 Å². The van der Waals surface area contributed by atoms with Crippen LogP contribution in [0.3, 0.4) is 0 Å². The average molecular weight is 250 g/mol. The van der Waals surface area contributed by atoms with Gasteiger partial charge in [0.1, 0.15) is 5.75 Å². The first-order valence-corrected chi connectivity index (χ1v) is 6.10. The van der Waals surface area contributed by atoms with Gasteiger partial charge in [-0.15, -0.1) is 0 Å². The first-order chi connectivity index (χ1) is 8.58. The number of benzene rings is 1. The van der Waals surface area contributed by atoms with Crippen LogP contribution in [0.5, 0.6) is 5.75 Å². The van der Waals surface area contributed by atoms with Crippen LogP contribution in [0.1, 0.15) is 11.1 Å². The Labute approximate surface area is 109 Å². The van der Waals surface area contributed by atoms with Gasteiger partial charge in [0.25, 0.3) is 0 Å². The quantitative estimate of drug-likeness (QED) is 0.825. The molecule has 0 atom stereocenters. The van der Waals surface area contributed by atoms with Gasteiger partial charge in [0.15, 0.2) is 0 Å². The topological polar surface area (TPSA) is 41.6 Å². The molecule has 0 fully saturated rings. The van der Waals surface area contributed by atoms with Gasteiger partial charge in [0.05, 0.1) is 13.7 Å². The number of hydrogen-bond acceptors (Lipinski definition) is 3. The summed E-state index contributed by atoms with van der Waals surface area (Å²) < 4.78 is 5.32. The maximum Gasteiger partial charge on any atom is 0.236 e. The Morgan fingerprint density at radius 2 is 2.17 bits per heavy atom. The van der Waals surface area contributed by atoms with Gasteiger partial charge in [-0.3, -0.25) is 4.79 Å². The summed E-state index contributed by atoms with van der Waals surface area (Å²) in [6, 6.07) is 6.10. The minimum atomic E-state index is 0.101. The highest BCUT2D eigenvalue weighted by molar-refractivity contribution is 5.77. The second-order valence-electron chi connectivity index (χ2n) is 4.41. The van der Waals surface area contributed by atoms with Gasteiger partial charge in [0, 0.05) is 13.6 Å². The second-order valence-corrected chi connectivity index (χ2v) is 4.41. The molecular weight excluding hydrogens is 228 g/mol. The molecule has 4 nitrogen and oxygen atoms in total. The fourth-order valence-electron chi connectivity index (χ4n) is 1.80. The lowest BCUT2D eigenvalue weighted by Crippen LogP contribution is -2.35. The molecule has 0 bridgehead atoms. The highest BCUT2D eigenvalue weighted by Gasteiger charge is 2.09. The van der Waals surface area contributed by atoms with E-state index in [0.717, 1.165) is 17.7 Å². The Kier molecular flexibility index (Phi) is 5.65. The van der Waals surface area contributed by atoms with E-state index in [2.05, 4.69) is 18.3 Å². The molecule has 0 saturated heterocycles. The number of methoxy groups -OCH3 is 1. The van der Waals surface area contributed by atoms with Crippen molar-refractivity contribution in [3.8, 4) is 5.75 Å². The summed E-state index contributed by atoms with van der Waals surface area (Å²) in [5.41, 5.74) is 2.34. The Morgan fingerprint density at radius 1 is 1.44 bits per heavy atom. The zero-order valence-corrected chi connectivity index (χ0v) is 11.6. The monoisotopic (exact) mass is 250 g/mol. The molecule has 1 amide bonds. The largest absolute Gasteiger partial charge is 0.496 e. The van der Waals surface area contributed by atoms with Gasteiger partial charge in [-0.2, -0.15) is 0 Å². The molecule has 1 rings (SSSR count). The van der Waals surface area contributed by atoms with Crippen LogP contribution in [-0.2, 0) is 11.2 Å². The van der Waals surface area contributed by atoms with Crippen LogP contribution in [0.25, 0.3) is 0 Å². The number of amides is 1. The van der Waals surface area contributed by atoms with Crippen LogP contribution in [0.4, 0.5) is 0 Å². The minimum Gasteiger partial charge on any atom is -0.496 e. The molecule has 1 aromatic carbocycles. The van der Waals surface area contributed by atoms with E-state index in [-0.39, 0.29) is 5.91 Å². The molecule has 4 heteroatoms. The van der Waals surface area contributed by atoms with Crippen LogP contribution in [0.2, 0.25) is 0 Å². The molecule has 18 heavy (non-hydrogen) atoms. The molecule has 0 radical (unpaired) electrons. The van der Waals surface area contributed by atoms with E-state index in [1.54, 1.807) is 19.1 Å². The molecule has 0 aliphatic heterocycles. The Bertz CT molecular complexity index is 405. The number of carbonyl (C=O) groups is 1. The molecule has 0 spiro atoms. The van der Waals surface area contributed by atoms with Crippen molar-refractivity contribution in [2.45, 2.75) is 13.3 Å². The smallest absolute Gasteiger partial charge is 0.236 e. The van der Waals surface area contributed by atoms with Crippen molar-refractivity contribution in [2.24, 2.45) is 0 Å². The maximum absolute atomic E-state index is 11.6. The normalized spacial score (nSPS) is 10.2. The Hall–Kier alpha value is -1.55. The third-order valence-corrected chi connectivity index (χ3v) is 2.91. The zero-order chi connectivity index (χ0) is 13.5. The van der Waals surface area contributed by atoms with Gasteiger partial charge in [-0.05, 0) is 32.0 Å². The minimum absolute atomic E-state index is 0.101. The van der Waals surface area contributed by atoms with E-state index in [1.807, 2.05) is 19.2 Å². The number of nitrogens with zero attached hydrogens (tertiary/aromatic N) is 1. The Balaban J connectivity index is 2.62. The summed E-state index contributed by atoms with van der Waals surface area (Å²) in [4.78, 5) is 13.4. The fraction of sp³-hybridized carbons (Fsp3) is 0.500. The molecule has 100 valence electrons. The zero-order valence-electron chi connectivity index (χ0n) is 11.6. The number of hydrogen-bond donors (Lipinski definition) is 1. The van der Waals surface area contributed by atoms with E-state index in [0.29, 0.717) is 13.1 Å². The van der Waals surface area contributed by atoms with Crippen molar-refractivity contribution in [1.82, 2.24) is 10.2 Å². The Morgan fingerprint density at radius 3 is 2.78 bits per heavy atom. The SMILES string of the molecule is CNCC(=O)N(C)CCc1cc(C)ccc1OC. The predicted octanol–water partition coefficient (Wildman–Crippen LogP) is 1.22. The third-order valence-electron chi connectivity index (χ3n) is 2.91. The van der Waals surface area contributed by atoms with Crippen LogP contribution in [0.15, 0.2) is 18.2 Å². The number of likely N-dealkylation sites (N-methyl/N-ethyl adjacent to an activating group) is 2. The van der Waals surface area contributed by atoms with Gasteiger partial charge in [-0.1, -0.05) is 17.7 Å². The number of aryl methyl sites for hydroxylation is 1. The van der Waals surface area contributed by atoms with Gasteiger partial charge in [-0.25, -0.2) is 0 Å². The van der Waals surface area contributed by atoms with E-state index >= 15 is 0 Å². The van der Waals surface area contributed by atoms with E-state index in [1.165, 1.54) is 5.56 Å². The van der Waals surface area contributed by atoms with Crippen molar-refractivity contribution < 1.29 is 9.53 Å². The van der Waals surface area contributed by atoms with E-state index < -0.39 is 0 Å². The highest BCUT2D eigenvalue weighted by Crippen LogP contribution is 2.20. The van der Waals surface area contributed by atoms with Crippen LogP contribution in [-0.4, -0.2) is 45.1 Å². The predicted molar refractivity (Wildman–Crippen MR) is 73.0 cm³/mol. The number of ether oxygens (including phenoxy) is 1. The molecule has 0 aliphatic carbocycles. The van der Waals surface area contributed by atoms with E-state index in [9.17, 15) is 4.79 Å². The van der Waals surface area contributed by atoms with Crippen molar-refractivity contribution in [3.63, 3.8) is 0 Å². The summed E-state index contributed by atoms with van der Waals surface area (Å²) in [7, 11) is 5.27. The third kappa shape index (κ3) is 4.04. The highest BCUT2D eigenvalue weighted by atomic mass is 16.5. The summed E-state index contributed by atoms with van der Waals surface area (Å²) in [5, 5.41) is 2.86. The molecular formula is C14H22N2O2. The molecule has 0 aliphatic rings. The van der Waals surface area contributed by atoms with Crippen molar-refractivity contribution in [2.75, 3.05) is 34.3 Å². The van der Waals surface area contributed by atoms with Crippen molar-refractivity contribution >= 4 is 5.91 Å². The van der Waals surface area contributed by atoms with Gasteiger partial charge >= 0.3 is 0 Å². The molecule has 0 saturated carbocycles. The van der Waals surface area contributed by atoms with Gasteiger partial charge < -0.3 is 15.0 Å². The molecule has 1 aromatic rings. The lowest BCUT2D eigenvalue weighted by atomic mass is 10.1. The first-order valence-electron chi connectivity index (χ1n) is 6.10. The first kappa shape index (κ1) is 14.5. The number of carbonyl (C=O) groups excluding carboxylic acids is 1. The maximum atomic E-state index is 11.6. The lowest BCUT2D eigenvalue weighted by Gasteiger charge is -2.18. The lowest BCUT2D eigenvalue weighted by molar-refractivity contribution is -0.128. The van der Waals surface area contributed by atoms with Crippen LogP contribution < -0.4 is 10.1 Å². The molecule has 1 N–H and O–H groups in total. The summed E-state index contributed by atoms with van der Waals surface area (Å²) >= 11 is 0. The molecule has 0 heterocycles. The summed E-state index contributed by atoms with van der Waals surface area (Å²) in [6.45, 7) is 3.13. The second kappa shape index (κ2) is 7.01. The van der Waals surface area contributed by atoms with Crippen molar-refractivity contribution in [1.29, 1.82) is 0 Å². The van der Waals surface area contributed by atoms with Crippen LogP contribution in [0, 0.1) is 6.92 Å².